The fourth-order valence-corrected chi connectivity index (χ4v) is 3.88. The highest BCUT2D eigenvalue weighted by Gasteiger charge is 2.35. The second-order valence-corrected chi connectivity index (χ2v) is 8.26. The Balaban J connectivity index is 1.37. The molecule has 0 saturated carbocycles. The second-order valence-electron chi connectivity index (χ2n) is 7.82. The number of amides is 1. The van der Waals surface area contributed by atoms with Crippen LogP contribution in [0, 0.1) is 0 Å². The predicted molar refractivity (Wildman–Crippen MR) is 132 cm³/mol. The molecule has 176 valence electrons. The maximum atomic E-state index is 13.3. The first kappa shape index (κ1) is 23.4. The van der Waals surface area contributed by atoms with E-state index in [2.05, 4.69) is 9.98 Å². The molecule has 0 bridgehead atoms. The van der Waals surface area contributed by atoms with E-state index in [-0.39, 0.29) is 11.9 Å². The van der Waals surface area contributed by atoms with Gasteiger partial charge in [-0.05, 0) is 53.9 Å². The minimum atomic E-state index is -0.672. The van der Waals surface area contributed by atoms with Gasteiger partial charge in [-0.3, -0.25) is 14.7 Å². The third-order valence-corrected chi connectivity index (χ3v) is 5.55. The Hall–Kier alpha value is -3.78. The SMILES string of the molecule is NC(N)=NCCc1ccc(OCCC2Oc3cccnc3N(Cc3cccc(Cl)c3)C2=O)cc1. The standard InChI is InChI=1S/C25H26ClN5O3/c26-19-4-1-3-18(15-19)16-31-23-21(5-2-12-29-23)34-22(24(31)32)11-14-33-20-8-6-17(7-9-20)10-13-30-25(27)28/h1-9,12,15,22H,10-11,13-14,16H2,(H4,27,28,30). The lowest BCUT2D eigenvalue weighted by Crippen LogP contribution is -2.46. The smallest absolute Gasteiger partial charge is 0.269 e. The maximum absolute atomic E-state index is 13.3. The number of anilines is 1. The molecule has 0 spiro atoms. The van der Waals surface area contributed by atoms with Crippen molar-refractivity contribution in [2.75, 3.05) is 18.1 Å². The van der Waals surface area contributed by atoms with E-state index in [0.717, 1.165) is 17.5 Å². The summed E-state index contributed by atoms with van der Waals surface area (Å²) in [6.07, 6.45) is 2.10. The highest BCUT2D eigenvalue weighted by atomic mass is 35.5. The van der Waals surface area contributed by atoms with E-state index in [0.29, 0.717) is 48.5 Å². The third-order valence-electron chi connectivity index (χ3n) is 5.31. The average Bonchev–Trinajstić information content (AvgIpc) is 2.82. The van der Waals surface area contributed by atoms with E-state index in [9.17, 15) is 4.79 Å². The number of benzene rings is 2. The number of carbonyl (C=O) groups is 1. The van der Waals surface area contributed by atoms with Crippen LogP contribution in [-0.4, -0.2) is 36.1 Å². The molecular weight excluding hydrogens is 454 g/mol. The van der Waals surface area contributed by atoms with Gasteiger partial charge >= 0.3 is 0 Å². The summed E-state index contributed by atoms with van der Waals surface area (Å²) in [7, 11) is 0. The number of hydrogen-bond donors (Lipinski definition) is 2. The van der Waals surface area contributed by atoms with Crippen LogP contribution in [0.1, 0.15) is 17.5 Å². The van der Waals surface area contributed by atoms with Crippen LogP contribution in [0.15, 0.2) is 71.9 Å². The van der Waals surface area contributed by atoms with Crippen molar-refractivity contribution >= 4 is 29.3 Å². The first-order valence-electron chi connectivity index (χ1n) is 10.9. The van der Waals surface area contributed by atoms with Crippen LogP contribution in [0.5, 0.6) is 11.5 Å². The van der Waals surface area contributed by atoms with Gasteiger partial charge in [0.1, 0.15) is 5.75 Å². The van der Waals surface area contributed by atoms with Gasteiger partial charge in [-0.15, -0.1) is 0 Å². The molecule has 1 atom stereocenters. The Kier molecular flexibility index (Phi) is 7.49. The molecule has 4 N–H and O–H groups in total. The number of guanidine groups is 1. The van der Waals surface area contributed by atoms with Crippen molar-refractivity contribution in [3.05, 3.63) is 83.0 Å². The molecule has 0 radical (unpaired) electrons. The predicted octanol–water partition coefficient (Wildman–Crippen LogP) is 3.31. The topological polar surface area (TPSA) is 116 Å². The molecule has 1 aromatic heterocycles. The number of nitrogens with zero attached hydrogens (tertiary/aromatic N) is 3. The van der Waals surface area contributed by atoms with Crippen molar-refractivity contribution in [1.82, 2.24) is 4.98 Å². The molecule has 0 saturated heterocycles. The Morgan fingerprint density at radius 3 is 2.71 bits per heavy atom. The van der Waals surface area contributed by atoms with Gasteiger partial charge in [-0.1, -0.05) is 35.9 Å². The monoisotopic (exact) mass is 479 g/mol. The summed E-state index contributed by atoms with van der Waals surface area (Å²) in [6, 6.07) is 18.7. The minimum Gasteiger partial charge on any atom is -0.493 e. The van der Waals surface area contributed by atoms with Gasteiger partial charge in [-0.25, -0.2) is 4.98 Å². The summed E-state index contributed by atoms with van der Waals surface area (Å²) in [5.74, 6) is 1.71. The minimum absolute atomic E-state index is 0.0870. The number of rotatable bonds is 9. The molecule has 8 nitrogen and oxygen atoms in total. The molecule has 2 aromatic carbocycles. The summed E-state index contributed by atoms with van der Waals surface area (Å²) in [4.78, 5) is 23.2. The number of hydrogen-bond acceptors (Lipinski definition) is 5. The molecule has 1 aliphatic rings. The molecule has 3 aromatic rings. The second kappa shape index (κ2) is 10.9. The van der Waals surface area contributed by atoms with Crippen LogP contribution in [0.4, 0.5) is 5.82 Å². The fourth-order valence-electron chi connectivity index (χ4n) is 3.66. The first-order valence-corrected chi connectivity index (χ1v) is 11.3. The van der Waals surface area contributed by atoms with Crippen LogP contribution >= 0.6 is 11.6 Å². The molecule has 1 unspecified atom stereocenters. The number of nitrogens with two attached hydrogens (primary N) is 2. The number of fused-ring (bicyclic) bond motifs is 1. The normalized spacial score (nSPS) is 14.8. The quantitative estimate of drug-likeness (QED) is 0.359. The van der Waals surface area contributed by atoms with Gasteiger partial charge in [0.05, 0.1) is 13.2 Å². The van der Waals surface area contributed by atoms with E-state index in [1.807, 2.05) is 48.5 Å². The van der Waals surface area contributed by atoms with Gasteiger partial charge < -0.3 is 20.9 Å². The molecule has 1 aliphatic heterocycles. The van der Waals surface area contributed by atoms with Crippen LogP contribution in [0.3, 0.4) is 0 Å². The van der Waals surface area contributed by atoms with Gasteiger partial charge in [0.15, 0.2) is 23.6 Å². The lowest BCUT2D eigenvalue weighted by molar-refractivity contribution is -0.127. The number of ether oxygens (including phenoxy) is 2. The Morgan fingerprint density at radius 2 is 1.94 bits per heavy atom. The zero-order valence-electron chi connectivity index (χ0n) is 18.6. The van der Waals surface area contributed by atoms with Crippen LogP contribution < -0.4 is 25.8 Å². The number of aromatic nitrogens is 1. The summed E-state index contributed by atoms with van der Waals surface area (Å²) < 4.78 is 11.8. The average molecular weight is 480 g/mol. The largest absolute Gasteiger partial charge is 0.493 e. The van der Waals surface area contributed by atoms with Gasteiger partial charge in [-0.2, -0.15) is 0 Å². The summed E-state index contributed by atoms with van der Waals surface area (Å²) >= 11 is 6.13. The summed E-state index contributed by atoms with van der Waals surface area (Å²) in [5.41, 5.74) is 12.7. The van der Waals surface area contributed by atoms with Gasteiger partial charge in [0.25, 0.3) is 5.91 Å². The van der Waals surface area contributed by atoms with Crippen molar-refractivity contribution in [2.45, 2.75) is 25.5 Å². The number of halogens is 1. The summed E-state index contributed by atoms with van der Waals surface area (Å²) in [6.45, 7) is 1.21. The molecule has 0 fully saturated rings. The Bertz CT molecular complexity index is 1170. The fraction of sp³-hybridized carbons (Fsp3) is 0.240. The summed E-state index contributed by atoms with van der Waals surface area (Å²) in [5, 5.41) is 0.617. The Morgan fingerprint density at radius 1 is 1.12 bits per heavy atom. The van der Waals surface area contributed by atoms with E-state index >= 15 is 0 Å². The first-order chi connectivity index (χ1) is 16.5. The number of pyridine rings is 1. The van der Waals surface area contributed by atoms with Crippen LogP contribution in [0.25, 0.3) is 0 Å². The van der Waals surface area contributed by atoms with Crippen molar-refractivity contribution < 1.29 is 14.3 Å². The zero-order valence-corrected chi connectivity index (χ0v) is 19.3. The molecule has 2 heterocycles. The molecule has 1 amide bonds. The van der Waals surface area contributed by atoms with Crippen molar-refractivity contribution in [1.29, 1.82) is 0 Å². The highest BCUT2D eigenvalue weighted by molar-refractivity contribution is 6.30. The molecule has 0 aliphatic carbocycles. The van der Waals surface area contributed by atoms with Gasteiger partial charge in [0, 0.05) is 24.2 Å². The third kappa shape index (κ3) is 5.96. The molecule has 34 heavy (non-hydrogen) atoms. The van der Waals surface area contributed by atoms with E-state index in [4.69, 9.17) is 32.5 Å². The van der Waals surface area contributed by atoms with Crippen molar-refractivity contribution in [2.24, 2.45) is 16.5 Å². The van der Waals surface area contributed by atoms with E-state index in [1.54, 1.807) is 23.2 Å². The van der Waals surface area contributed by atoms with E-state index < -0.39 is 6.10 Å². The van der Waals surface area contributed by atoms with Gasteiger partial charge in [0.2, 0.25) is 0 Å². The number of aliphatic imine (C=N–C) groups is 1. The van der Waals surface area contributed by atoms with Crippen molar-refractivity contribution in [3.63, 3.8) is 0 Å². The molecule has 4 rings (SSSR count). The maximum Gasteiger partial charge on any atom is 0.269 e. The van der Waals surface area contributed by atoms with Crippen molar-refractivity contribution in [3.8, 4) is 11.5 Å². The zero-order chi connectivity index (χ0) is 23.9. The van der Waals surface area contributed by atoms with Crippen LogP contribution in [-0.2, 0) is 17.8 Å². The lowest BCUT2D eigenvalue weighted by Gasteiger charge is -2.33. The molecule has 9 heteroatoms. The van der Waals surface area contributed by atoms with Crippen LogP contribution in [0.2, 0.25) is 5.02 Å². The molecular formula is C25H26ClN5O3. The highest BCUT2D eigenvalue weighted by Crippen LogP contribution is 2.33. The Labute approximate surface area is 203 Å². The van der Waals surface area contributed by atoms with E-state index in [1.165, 1.54) is 0 Å². The lowest BCUT2D eigenvalue weighted by atomic mass is 10.1. The number of carbonyl (C=O) groups excluding carboxylic acids is 1.